The van der Waals surface area contributed by atoms with Crippen molar-refractivity contribution in [3.8, 4) is 28.4 Å². The highest BCUT2D eigenvalue weighted by Gasteiger charge is 2.17. The summed E-state index contributed by atoms with van der Waals surface area (Å²) in [6.07, 6.45) is 0. The molecule has 106 valence electrons. The first kappa shape index (κ1) is 13.5. The first-order valence-corrected chi connectivity index (χ1v) is 6.75. The van der Waals surface area contributed by atoms with Gasteiger partial charge in [-0.2, -0.15) is 0 Å². The second-order valence-corrected chi connectivity index (χ2v) is 5.09. The highest BCUT2D eigenvalue weighted by Crippen LogP contribution is 2.33. The quantitative estimate of drug-likeness (QED) is 0.636. The van der Waals surface area contributed by atoms with Gasteiger partial charge < -0.3 is 10.2 Å². The van der Waals surface area contributed by atoms with Crippen molar-refractivity contribution in [1.82, 2.24) is 15.0 Å². The van der Waals surface area contributed by atoms with Crippen LogP contribution in [0.5, 0.6) is 11.5 Å². The number of aromatic nitrogens is 3. The molecular formula is C15H13N3O2S. The lowest BCUT2D eigenvalue weighted by Crippen LogP contribution is -2.00. The predicted octanol–water partition coefficient (Wildman–Crippen LogP) is 2.94. The number of aryl methyl sites for hydroxylation is 1. The minimum absolute atomic E-state index is 0.0140. The van der Waals surface area contributed by atoms with Gasteiger partial charge in [0.15, 0.2) is 0 Å². The van der Waals surface area contributed by atoms with Crippen LogP contribution in [0.1, 0.15) is 5.56 Å². The van der Waals surface area contributed by atoms with Gasteiger partial charge in [-0.3, -0.25) is 0 Å². The number of phenols is 2. The van der Waals surface area contributed by atoms with E-state index in [1.807, 2.05) is 31.2 Å². The van der Waals surface area contributed by atoms with Crippen molar-refractivity contribution >= 4 is 12.6 Å². The number of hydrogen-bond acceptors (Lipinski definition) is 5. The minimum Gasteiger partial charge on any atom is -0.508 e. The topological polar surface area (TPSA) is 71.2 Å². The van der Waals surface area contributed by atoms with Crippen molar-refractivity contribution in [2.24, 2.45) is 0 Å². The fraction of sp³-hybridized carbons (Fsp3) is 0.0667. The normalized spacial score (nSPS) is 10.8. The van der Waals surface area contributed by atoms with E-state index in [0.717, 1.165) is 11.1 Å². The van der Waals surface area contributed by atoms with Crippen molar-refractivity contribution in [3.05, 3.63) is 48.0 Å². The summed E-state index contributed by atoms with van der Waals surface area (Å²) in [6, 6.07) is 12.1. The Bertz CT molecular complexity index is 814. The molecule has 3 rings (SSSR count). The van der Waals surface area contributed by atoms with Crippen LogP contribution in [0.15, 0.2) is 47.5 Å². The average molecular weight is 299 g/mol. The summed E-state index contributed by atoms with van der Waals surface area (Å²) in [5.74, 6) is -0.0945. The van der Waals surface area contributed by atoms with Crippen LogP contribution in [0.2, 0.25) is 0 Å². The number of aromatic hydroxyl groups is 2. The number of rotatable bonds is 2. The van der Waals surface area contributed by atoms with E-state index in [9.17, 15) is 10.2 Å². The molecule has 0 unspecified atom stereocenters. The van der Waals surface area contributed by atoms with Gasteiger partial charge in [-0.15, -0.1) is 17.7 Å². The zero-order valence-corrected chi connectivity index (χ0v) is 12.1. The number of hydrogen-bond donors (Lipinski definition) is 3. The van der Waals surface area contributed by atoms with Crippen LogP contribution in [-0.2, 0) is 0 Å². The van der Waals surface area contributed by atoms with Gasteiger partial charge in [0.1, 0.15) is 27.9 Å². The van der Waals surface area contributed by atoms with Crippen LogP contribution < -0.4 is 0 Å². The summed E-state index contributed by atoms with van der Waals surface area (Å²) in [5.41, 5.74) is 3.10. The zero-order valence-electron chi connectivity index (χ0n) is 11.2. The molecule has 0 amide bonds. The fourth-order valence-electron chi connectivity index (χ4n) is 2.21. The maximum absolute atomic E-state index is 10.0. The van der Waals surface area contributed by atoms with Crippen LogP contribution in [-0.4, -0.2) is 25.2 Å². The Labute approximate surface area is 126 Å². The van der Waals surface area contributed by atoms with Crippen molar-refractivity contribution in [2.75, 3.05) is 0 Å². The molecule has 3 aromatic rings. The van der Waals surface area contributed by atoms with Crippen molar-refractivity contribution in [1.29, 1.82) is 0 Å². The number of benzene rings is 2. The largest absolute Gasteiger partial charge is 0.508 e. The number of phenolic OH excluding ortho intramolecular Hbond substituents is 2. The summed E-state index contributed by atoms with van der Waals surface area (Å²) < 4.78 is 1.51. The first-order valence-electron chi connectivity index (χ1n) is 6.31. The molecule has 2 aromatic carbocycles. The molecule has 0 bridgehead atoms. The second-order valence-electron chi connectivity index (χ2n) is 4.66. The molecule has 1 heterocycles. The van der Waals surface area contributed by atoms with Crippen molar-refractivity contribution in [2.45, 2.75) is 11.9 Å². The van der Waals surface area contributed by atoms with E-state index in [0.29, 0.717) is 16.4 Å². The molecule has 21 heavy (non-hydrogen) atoms. The van der Waals surface area contributed by atoms with Gasteiger partial charge in [0.05, 0.1) is 0 Å². The van der Waals surface area contributed by atoms with Crippen LogP contribution in [0.25, 0.3) is 16.9 Å². The fourth-order valence-corrected chi connectivity index (χ4v) is 2.46. The van der Waals surface area contributed by atoms with E-state index in [1.165, 1.54) is 16.8 Å². The maximum Gasteiger partial charge on any atom is 0.145 e. The lowest BCUT2D eigenvalue weighted by molar-refractivity contribution is 0.447. The standard InChI is InChI=1S/C15H13N3O2S/c1-9-4-2-3-5-11(9)14-15(21)16-17-18(14)12-7-6-10(19)8-13(12)20/h2-8,19-21H,1H3. The Morgan fingerprint density at radius 1 is 1.10 bits per heavy atom. The molecule has 1 aromatic heterocycles. The zero-order chi connectivity index (χ0) is 15.0. The van der Waals surface area contributed by atoms with E-state index >= 15 is 0 Å². The summed E-state index contributed by atoms with van der Waals surface area (Å²) in [5, 5.41) is 27.9. The minimum atomic E-state index is -0.0805. The Morgan fingerprint density at radius 3 is 2.57 bits per heavy atom. The molecule has 5 nitrogen and oxygen atoms in total. The summed E-state index contributed by atoms with van der Waals surface area (Å²) in [7, 11) is 0. The molecule has 0 radical (unpaired) electrons. The maximum atomic E-state index is 10.0. The molecule has 0 fully saturated rings. The monoisotopic (exact) mass is 299 g/mol. The van der Waals surface area contributed by atoms with Gasteiger partial charge in [-0.25, -0.2) is 4.68 Å². The Hall–Kier alpha value is -2.47. The molecule has 0 saturated carbocycles. The van der Waals surface area contributed by atoms with Crippen LogP contribution in [0, 0.1) is 6.92 Å². The molecule has 0 aliphatic rings. The third-order valence-electron chi connectivity index (χ3n) is 3.24. The molecule has 0 aliphatic heterocycles. The molecule has 2 N–H and O–H groups in total. The van der Waals surface area contributed by atoms with E-state index in [1.54, 1.807) is 6.07 Å². The third-order valence-corrected chi connectivity index (χ3v) is 3.54. The van der Waals surface area contributed by atoms with Gasteiger partial charge in [-0.05, 0) is 24.6 Å². The summed E-state index contributed by atoms with van der Waals surface area (Å²) in [4.78, 5) is 0. The van der Waals surface area contributed by atoms with E-state index < -0.39 is 0 Å². The van der Waals surface area contributed by atoms with Gasteiger partial charge in [0.25, 0.3) is 0 Å². The predicted molar refractivity (Wildman–Crippen MR) is 82.1 cm³/mol. The molecular weight excluding hydrogens is 286 g/mol. The summed E-state index contributed by atoms with van der Waals surface area (Å²) in [6.45, 7) is 1.98. The molecule has 0 saturated heterocycles. The SMILES string of the molecule is Cc1ccccc1-c1c(S)nnn1-c1ccc(O)cc1O. The van der Waals surface area contributed by atoms with Crippen LogP contribution in [0.4, 0.5) is 0 Å². The highest BCUT2D eigenvalue weighted by atomic mass is 32.1. The van der Waals surface area contributed by atoms with E-state index in [4.69, 9.17) is 0 Å². The average Bonchev–Trinajstić information content (AvgIpc) is 2.81. The van der Waals surface area contributed by atoms with Gasteiger partial charge in [0.2, 0.25) is 0 Å². The van der Waals surface area contributed by atoms with Gasteiger partial charge in [-0.1, -0.05) is 29.5 Å². The first-order chi connectivity index (χ1) is 10.1. The van der Waals surface area contributed by atoms with Crippen LogP contribution >= 0.6 is 12.6 Å². The molecule has 0 atom stereocenters. The second kappa shape index (κ2) is 5.14. The highest BCUT2D eigenvalue weighted by molar-refractivity contribution is 7.80. The smallest absolute Gasteiger partial charge is 0.145 e. The van der Waals surface area contributed by atoms with E-state index in [2.05, 4.69) is 22.9 Å². The van der Waals surface area contributed by atoms with E-state index in [-0.39, 0.29) is 11.5 Å². The van der Waals surface area contributed by atoms with Crippen molar-refractivity contribution in [3.63, 3.8) is 0 Å². The van der Waals surface area contributed by atoms with Gasteiger partial charge >= 0.3 is 0 Å². The Kier molecular flexibility index (Phi) is 3.31. The molecule has 6 heteroatoms. The summed E-state index contributed by atoms with van der Waals surface area (Å²) >= 11 is 4.36. The van der Waals surface area contributed by atoms with Crippen LogP contribution in [0.3, 0.4) is 0 Å². The lowest BCUT2D eigenvalue weighted by Gasteiger charge is -2.10. The molecule has 0 aliphatic carbocycles. The van der Waals surface area contributed by atoms with Gasteiger partial charge in [0, 0.05) is 11.6 Å². The number of thiol groups is 1. The Morgan fingerprint density at radius 2 is 1.86 bits per heavy atom. The van der Waals surface area contributed by atoms with Crippen molar-refractivity contribution < 1.29 is 10.2 Å². The lowest BCUT2D eigenvalue weighted by atomic mass is 10.1. The number of nitrogens with zero attached hydrogens (tertiary/aromatic N) is 3. The molecule has 0 spiro atoms. The Balaban J connectivity index is 2.25. The third kappa shape index (κ3) is 2.34.